The third kappa shape index (κ3) is 5.94. The Morgan fingerprint density at radius 2 is 2.07 bits per heavy atom. The van der Waals surface area contributed by atoms with Crippen molar-refractivity contribution in [3.63, 3.8) is 0 Å². The molecule has 0 saturated carbocycles. The van der Waals surface area contributed by atoms with E-state index >= 15 is 0 Å². The van der Waals surface area contributed by atoms with Gasteiger partial charge in [0.1, 0.15) is 5.75 Å². The number of benzene rings is 2. The highest BCUT2D eigenvalue weighted by Gasteiger charge is 2.21. The summed E-state index contributed by atoms with van der Waals surface area (Å²) in [7, 11) is 0. The van der Waals surface area contributed by atoms with E-state index in [1.54, 1.807) is 29.2 Å². The molecule has 1 aliphatic rings. The van der Waals surface area contributed by atoms with Gasteiger partial charge in [-0.2, -0.15) is 5.26 Å². The van der Waals surface area contributed by atoms with Crippen molar-refractivity contribution in [3.8, 4) is 11.8 Å². The summed E-state index contributed by atoms with van der Waals surface area (Å²) >= 11 is 0. The number of hydrogen-bond acceptors (Lipinski definition) is 4. The highest BCUT2D eigenvalue weighted by molar-refractivity contribution is 6.02. The van der Waals surface area contributed by atoms with E-state index in [4.69, 9.17) is 10.00 Å². The smallest absolute Gasteiger partial charge is 0.248 e. The van der Waals surface area contributed by atoms with Crippen LogP contribution < -0.4 is 15.0 Å². The fraction of sp³-hybridized carbons (Fsp3) is 0.261. The van der Waals surface area contributed by atoms with E-state index in [0.29, 0.717) is 37.3 Å². The van der Waals surface area contributed by atoms with Crippen LogP contribution in [0.25, 0.3) is 6.08 Å². The minimum Gasteiger partial charge on any atom is -0.493 e. The Balaban J connectivity index is 1.53. The normalized spacial score (nSPS) is 13.5. The molecule has 0 atom stereocenters. The topological polar surface area (TPSA) is 82.4 Å². The molecule has 1 N–H and O–H groups in total. The van der Waals surface area contributed by atoms with Crippen molar-refractivity contribution in [3.05, 3.63) is 60.2 Å². The van der Waals surface area contributed by atoms with Crippen molar-refractivity contribution in [1.82, 2.24) is 0 Å². The van der Waals surface area contributed by atoms with Gasteiger partial charge in [-0.15, -0.1) is 0 Å². The molecule has 29 heavy (non-hydrogen) atoms. The first-order chi connectivity index (χ1) is 14.2. The van der Waals surface area contributed by atoms with Crippen molar-refractivity contribution >= 4 is 29.3 Å². The molecular weight excluding hydrogens is 366 g/mol. The third-order valence-electron chi connectivity index (χ3n) is 4.51. The zero-order chi connectivity index (χ0) is 20.5. The van der Waals surface area contributed by atoms with Crippen molar-refractivity contribution in [1.29, 1.82) is 5.26 Å². The molecule has 0 radical (unpaired) electrons. The zero-order valence-electron chi connectivity index (χ0n) is 16.1. The lowest BCUT2D eigenvalue weighted by molar-refractivity contribution is -0.117. The highest BCUT2D eigenvalue weighted by Crippen LogP contribution is 2.22. The maximum Gasteiger partial charge on any atom is 0.248 e. The number of rotatable bonds is 8. The summed E-state index contributed by atoms with van der Waals surface area (Å²) in [6, 6.07) is 16.8. The zero-order valence-corrected chi connectivity index (χ0v) is 16.1. The lowest BCUT2D eigenvalue weighted by Crippen LogP contribution is -2.23. The molecule has 2 amide bonds. The monoisotopic (exact) mass is 389 g/mol. The van der Waals surface area contributed by atoms with Gasteiger partial charge in [0, 0.05) is 42.9 Å². The van der Waals surface area contributed by atoms with Gasteiger partial charge in [-0.05, 0) is 48.7 Å². The van der Waals surface area contributed by atoms with Crippen LogP contribution in [0.1, 0.15) is 31.2 Å². The van der Waals surface area contributed by atoms with E-state index in [2.05, 4.69) is 11.4 Å². The molecule has 2 aromatic carbocycles. The second kappa shape index (κ2) is 10.1. The van der Waals surface area contributed by atoms with Gasteiger partial charge in [0.25, 0.3) is 0 Å². The number of nitriles is 1. The van der Waals surface area contributed by atoms with Crippen molar-refractivity contribution in [2.45, 2.75) is 25.7 Å². The van der Waals surface area contributed by atoms with E-state index < -0.39 is 0 Å². The Kier molecular flexibility index (Phi) is 7.01. The molecule has 1 fully saturated rings. The van der Waals surface area contributed by atoms with E-state index in [1.165, 1.54) is 6.08 Å². The highest BCUT2D eigenvalue weighted by atomic mass is 16.5. The standard InChI is InChI=1S/C23H23N3O3/c24-14-1-2-16-29-21-6-3-5-19(17-21)25-22(27)13-10-18-8-11-20(12-9-18)26-15-4-7-23(26)28/h3,5-6,8-13,17H,1-2,4,7,15-16H2,(H,25,27). The number of carbonyl (C=O) groups excluding carboxylic acids is 2. The van der Waals surface area contributed by atoms with Crippen LogP contribution >= 0.6 is 0 Å². The summed E-state index contributed by atoms with van der Waals surface area (Å²) in [5.41, 5.74) is 2.41. The summed E-state index contributed by atoms with van der Waals surface area (Å²) in [4.78, 5) is 25.8. The summed E-state index contributed by atoms with van der Waals surface area (Å²) in [6.07, 6.45) is 5.82. The van der Waals surface area contributed by atoms with Gasteiger partial charge < -0.3 is 15.0 Å². The summed E-state index contributed by atoms with van der Waals surface area (Å²) in [5, 5.41) is 11.3. The van der Waals surface area contributed by atoms with Gasteiger partial charge >= 0.3 is 0 Å². The molecule has 3 rings (SSSR count). The molecule has 1 heterocycles. The fourth-order valence-electron chi connectivity index (χ4n) is 3.05. The second-order valence-corrected chi connectivity index (χ2v) is 6.70. The minimum atomic E-state index is -0.245. The second-order valence-electron chi connectivity index (χ2n) is 6.70. The first-order valence-corrected chi connectivity index (χ1v) is 9.65. The molecule has 148 valence electrons. The molecule has 6 heteroatoms. The SMILES string of the molecule is N#CCCCOc1cccc(NC(=O)C=Cc2ccc(N3CCCC3=O)cc2)c1. The van der Waals surface area contributed by atoms with Crippen molar-refractivity contribution in [2.75, 3.05) is 23.4 Å². The Morgan fingerprint density at radius 1 is 1.24 bits per heavy atom. The van der Waals surface area contributed by atoms with Crippen LogP contribution in [0.3, 0.4) is 0 Å². The van der Waals surface area contributed by atoms with Crippen molar-refractivity contribution in [2.24, 2.45) is 0 Å². The Hall–Kier alpha value is -3.59. The lowest BCUT2D eigenvalue weighted by Gasteiger charge is -2.15. The number of nitrogens with one attached hydrogen (secondary N) is 1. The number of anilines is 2. The number of ether oxygens (including phenoxy) is 1. The third-order valence-corrected chi connectivity index (χ3v) is 4.51. The van der Waals surface area contributed by atoms with E-state index in [1.807, 2.05) is 30.3 Å². The Labute approximate surface area is 170 Å². The fourth-order valence-corrected chi connectivity index (χ4v) is 3.05. The molecule has 1 aliphatic heterocycles. The predicted molar refractivity (Wildman–Crippen MR) is 112 cm³/mol. The van der Waals surface area contributed by atoms with E-state index in [9.17, 15) is 9.59 Å². The maximum atomic E-state index is 12.2. The van der Waals surface area contributed by atoms with Crippen LogP contribution in [0.5, 0.6) is 5.75 Å². The van der Waals surface area contributed by atoms with Crippen LogP contribution in [-0.4, -0.2) is 25.0 Å². The van der Waals surface area contributed by atoms with Crippen LogP contribution in [-0.2, 0) is 9.59 Å². The van der Waals surface area contributed by atoms with Crippen molar-refractivity contribution < 1.29 is 14.3 Å². The number of unbranched alkanes of at least 4 members (excludes halogenated alkanes) is 1. The van der Waals surface area contributed by atoms with Crippen LogP contribution in [0.15, 0.2) is 54.6 Å². The molecule has 2 aromatic rings. The van der Waals surface area contributed by atoms with Gasteiger partial charge in [-0.25, -0.2) is 0 Å². The Morgan fingerprint density at radius 3 is 2.79 bits per heavy atom. The summed E-state index contributed by atoms with van der Waals surface area (Å²) < 4.78 is 5.57. The number of carbonyl (C=O) groups is 2. The van der Waals surface area contributed by atoms with Crippen LogP contribution in [0.4, 0.5) is 11.4 Å². The molecule has 0 bridgehead atoms. The summed E-state index contributed by atoms with van der Waals surface area (Å²) in [6.45, 7) is 1.22. The average Bonchev–Trinajstić information content (AvgIpc) is 3.16. The molecule has 0 aromatic heterocycles. The lowest BCUT2D eigenvalue weighted by atomic mass is 10.2. The molecular formula is C23H23N3O3. The quantitative estimate of drug-likeness (QED) is 0.543. The molecule has 0 spiro atoms. The van der Waals surface area contributed by atoms with Crippen LogP contribution in [0.2, 0.25) is 0 Å². The van der Waals surface area contributed by atoms with E-state index in [-0.39, 0.29) is 11.8 Å². The van der Waals surface area contributed by atoms with Gasteiger partial charge in [-0.1, -0.05) is 18.2 Å². The Bertz CT molecular complexity index is 929. The number of nitrogens with zero attached hydrogens (tertiary/aromatic N) is 2. The van der Waals surface area contributed by atoms with E-state index in [0.717, 1.165) is 24.2 Å². The maximum absolute atomic E-state index is 12.2. The number of amides is 2. The predicted octanol–water partition coefficient (Wildman–Crippen LogP) is 4.15. The largest absolute Gasteiger partial charge is 0.493 e. The minimum absolute atomic E-state index is 0.156. The van der Waals surface area contributed by atoms with Crippen LogP contribution in [0, 0.1) is 11.3 Å². The molecule has 0 aliphatic carbocycles. The van der Waals surface area contributed by atoms with Gasteiger partial charge in [-0.3, -0.25) is 9.59 Å². The summed E-state index contributed by atoms with van der Waals surface area (Å²) in [5.74, 6) is 0.561. The van der Waals surface area contributed by atoms with Gasteiger partial charge in [0.05, 0.1) is 12.7 Å². The van der Waals surface area contributed by atoms with Gasteiger partial charge in [0.2, 0.25) is 11.8 Å². The molecule has 6 nitrogen and oxygen atoms in total. The first kappa shape index (κ1) is 20.2. The molecule has 1 saturated heterocycles. The average molecular weight is 389 g/mol. The first-order valence-electron chi connectivity index (χ1n) is 9.65. The van der Waals surface area contributed by atoms with Gasteiger partial charge in [0.15, 0.2) is 0 Å². The molecule has 0 unspecified atom stereocenters. The number of hydrogen-bond donors (Lipinski definition) is 1.